The van der Waals surface area contributed by atoms with Crippen LogP contribution in [0.25, 0.3) is 6.08 Å². The summed E-state index contributed by atoms with van der Waals surface area (Å²) in [6.07, 6.45) is 1.89. The first-order valence-corrected chi connectivity index (χ1v) is 7.46. The minimum Gasteiger partial charge on any atom is -0.337 e. The molecule has 3 rings (SSSR count). The SMILES string of the molecule is C=Cc1cccc(CN(c2ccccc2)c2ccccc2)c1. The van der Waals surface area contributed by atoms with Gasteiger partial charge in [-0.05, 0) is 41.5 Å². The van der Waals surface area contributed by atoms with E-state index in [4.69, 9.17) is 0 Å². The van der Waals surface area contributed by atoms with Gasteiger partial charge in [0.1, 0.15) is 0 Å². The molecular formula is C21H19N. The van der Waals surface area contributed by atoms with Gasteiger partial charge in [-0.1, -0.05) is 67.3 Å². The molecule has 1 nitrogen and oxygen atoms in total. The highest BCUT2D eigenvalue weighted by Gasteiger charge is 2.09. The zero-order valence-corrected chi connectivity index (χ0v) is 12.5. The van der Waals surface area contributed by atoms with Crippen molar-refractivity contribution in [2.45, 2.75) is 6.54 Å². The van der Waals surface area contributed by atoms with Crippen molar-refractivity contribution in [1.82, 2.24) is 0 Å². The van der Waals surface area contributed by atoms with Gasteiger partial charge in [-0.25, -0.2) is 0 Å². The Balaban J connectivity index is 1.97. The summed E-state index contributed by atoms with van der Waals surface area (Å²) in [5, 5.41) is 0. The van der Waals surface area contributed by atoms with Crippen LogP contribution in [0, 0.1) is 0 Å². The lowest BCUT2D eigenvalue weighted by Gasteiger charge is -2.25. The average Bonchev–Trinajstić information content (AvgIpc) is 2.61. The summed E-state index contributed by atoms with van der Waals surface area (Å²) in [6, 6.07) is 29.5. The van der Waals surface area contributed by atoms with Crippen molar-refractivity contribution in [1.29, 1.82) is 0 Å². The number of nitrogens with zero attached hydrogens (tertiary/aromatic N) is 1. The van der Waals surface area contributed by atoms with Crippen LogP contribution in [0.5, 0.6) is 0 Å². The number of hydrogen-bond acceptors (Lipinski definition) is 1. The predicted octanol–water partition coefficient (Wildman–Crippen LogP) is 5.67. The molecule has 0 bridgehead atoms. The number of anilines is 2. The molecule has 3 aromatic carbocycles. The fraction of sp³-hybridized carbons (Fsp3) is 0.0476. The van der Waals surface area contributed by atoms with Gasteiger partial charge in [-0.2, -0.15) is 0 Å². The Morgan fingerprint density at radius 1 is 0.727 bits per heavy atom. The molecule has 0 spiro atoms. The summed E-state index contributed by atoms with van der Waals surface area (Å²) in [7, 11) is 0. The lowest BCUT2D eigenvalue weighted by molar-refractivity contribution is 0.975. The van der Waals surface area contributed by atoms with E-state index in [2.05, 4.69) is 84.3 Å². The van der Waals surface area contributed by atoms with Crippen LogP contribution in [-0.2, 0) is 6.54 Å². The van der Waals surface area contributed by atoms with Crippen LogP contribution in [0.15, 0.2) is 91.5 Å². The van der Waals surface area contributed by atoms with Crippen LogP contribution in [0.1, 0.15) is 11.1 Å². The van der Waals surface area contributed by atoms with Crippen molar-refractivity contribution in [3.05, 3.63) is 103 Å². The Morgan fingerprint density at radius 3 is 1.86 bits per heavy atom. The topological polar surface area (TPSA) is 3.24 Å². The molecule has 0 saturated heterocycles. The summed E-state index contributed by atoms with van der Waals surface area (Å²) >= 11 is 0. The first-order valence-electron chi connectivity index (χ1n) is 7.46. The van der Waals surface area contributed by atoms with E-state index in [0.29, 0.717) is 0 Å². The molecule has 0 heterocycles. The van der Waals surface area contributed by atoms with Gasteiger partial charge >= 0.3 is 0 Å². The van der Waals surface area contributed by atoms with Crippen molar-refractivity contribution in [2.24, 2.45) is 0 Å². The van der Waals surface area contributed by atoms with E-state index in [9.17, 15) is 0 Å². The van der Waals surface area contributed by atoms with Gasteiger partial charge < -0.3 is 4.90 Å². The zero-order chi connectivity index (χ0) is 15.2. The predicted molar refractivity (Wildman–Crippen MR) is 95.3 cm³/mol. The van der Waals surface area contributed by atoms with Gasteiger partial charge in [0.15, 0.2) is 0 Å². The largest absolute Gasteiger partial charge is 0.337 e. The van der Waals surface area contributed by atoms with Crippen LogP contribution in [0.2, 0.25) is 0 Å². The van der Waals surface area contributed by atoms with E-state index >= 15 is 0 Å². The quantitative estimate of drug-likeness (QED) is 0.584. The number of benzene rings is 3. The van der Waals surface area contributed by atoms with Crippen molar-refractivity contribution in [3.8, 4) is 0 Å². The third-order valence-electron chi connectivity index (χ3n) is 3.66. The van der Waals surface area contributed by atoms with E-state index in [1.54, 1.807) is 0 Å². The second kappa shape index (κ2) is 6.77. The Morgan fingerprint density at radius 2 is 1.32 bits per heavy atom. The van der Waals surface area contributed by atoms with Crippen LogP contribution < -0.4 is 4.90 Å². The normalized spacial score (nSPS) is 10.2. The highest BCUT2D eigenvalue weighted by molar-refractivity contribution is 5.63. The molecular weight excluding hydrogens is 266 g/mol. The summed E-state index contributed by atoms with van der Waals surface area (Å²) in [6.45, 7) is 4.68. The zero-order valence-electron chi connectivity index (χ0n) is 12.5. The first kappa shape index (κ1) is 14.2. The summed E-state index contributed by atoms with van der Waals surface area (Å²) in [5.74, 6) is 0. The second-order valence-corrected chi connectivity index (χ2v) is 5.21. The third kappa shape index (κ3) is 3.26. The maximum Gasteiger partial charge on any atom is 0.0481 e. The minimum absolute atomic E-state index is 0.829. The first-order chi connectivity index (χ1) is 10.9. The van der Waals surface area contributed by atoms with Gasteiger partial charge in [0.2, 0.25) is 0 Å². The molecule has 0 amide bonds. The van der Waals surface area contributed by atoms with Crippen molar-refractivity contribution >= 4 is 17.5 Å². The third-order valence-corrected chi connectivity index (χ3v) is 3.66. The molecule has 22 heavy (non-hydrogen) atoms. The van der Waals surface area contributed by atoms with E-state index in [1.807, 2.05) is 18.2 Å². The summed E-state index contributed by atoms with van der Waals surface area (Å²) in [4.78, 5) is 2.32. The van der Waals surface area contributed by atoms with Gasteiger partial charge in [0, 0.05) is 17.9 Å². The lowest BCUT2D eigenvalue weighted by Crippen LogP contribution is -2.16. The van der Waals surface area contributed by atoms with E-state index in [-0.39, 0.29) is 0 Å². The fourth-order valence-corrected chi connectivity index (χ4v) is 2.55. The van der Waals surface area contributed by atoms with Crippen LogP contribution in [-0.4, -0.2) is 0 Å². The highest BCUT2D eigenvalue weighted by Crippen LogP contribution is 2.27. The monoisotopic (exact) mass is 285 g/mol. The van der Waals surface area contributed by atoms with Gasteiger partial charge in [0.25, 0.3) is 0 Å². The molecule has 3 aromatic rings. The molecule has 0 aliphatic rings. The molecule has 0 fully saturated rings. The minimum atomic E-state index is 0.829. The standard InChI is InChI=1S/C21H19N/c1-2-18-10-9-11-19(16-18)17-22(20-12-5-3-6-13-20)21-14-7-4-8-15-21/h2-16H,1,17H2. The summed E-state index contributed by atoms with van der Waals surface area (Å²) in [5.41, 5.74) is 4.80. The van der Waals surface area contributed by atoms with Gasteiger partial charge in [-0.3, -0.25) is 0 Å². The molecule has 108 valence electrons. The van der Waals surface area contributed by atoms with E-state index in [1.165, 1.54) is 16.9 Å². The average molecular weight is 285 g/mol. The molecule has 0 aliphatic heterocycles. The van der Waals surface area contributed by atoms with E-state index in [0.717, 1.165) is 12.1 Å². The van der Waals surface area contributed by atoms with Crippen LogP contribution in [0.3, 0.4) is 0 Å². The number of para-hydroxylation sites is 2. The van der Waals surface area contributed by atoms with Crippen molar-refractivity contribution in [2.75, 3.05) is 4.90 Å². The molecule has 0 unspecified atom stereocenters. The molecule has 0 saturated carbocycles. The number of rotatable bonds is 5. The Labute approximate surface area is 132 Å². The fourth-order valence-electron chi connectivity index (χ4n) is 2.55. The molecule has 0 aliphatic carbocycles. The maximum atomic E-state index is 3.85. The molecule has 1 heteroatoms. The summed E-state index contributed by atoms with van der Waals surface area (Å²) < 4.78 is 0. The van der Waals surface area contributed by atoms with Crippen molar-refractivity contribution < 1.29 is 0 Å². The van der Waals surface area contributed by atoms with Gasteiger partial charge in [-0.15, -0.1) is 0 Å². The van der Waals surface area contributed by atoms with E-state index < -0.39 is 0 Å². The smallest absolute Gasteiger partial charge is 0.0481 e. The molecule has 0 aromatic heterocycles. The number of hydrogen-bond donors (Lipinski definition) is 0. The van der Waals surface area contributed by atoms with Crippen molar-refractivity contribution in [3.63, 3.8) is 0 Å². The van der Waals surface area contributed by atoms with Gasteiger partial charge in [0.05, 0.1) is 0 Å². The maximum absolute atomic E-state index is 3.85. The van der Waals surface area contributed by atoms with Crippen LogP contribution >= 0.6 is 0 Å². The molecule has 0 radical (unpaired) electrons. The highest BCUT2D eigenvalue weighted by atomic mass is 15.1. The van der Waals surface area contributed by atoms with Crippen LogP contribution in [0.4, 0.5) is 11.4 Å². The Bertz CT molecular complexity index is 693. The Kier molecular flexibility index (Phi) is 4.35. The molecule has 0 atom stereocenters. The lowest BCUT2D eigenvalue weighted by atomic mass is 10.1. The molecule has 0 N–H and O–H groups in total. The Hall–Kier alpha value is -2.80. The second-order valence-electron chi connectivity index (χ2n) is 5.21.